The van der Waals surface area contributed by atoms with Crippen molar-refractivity contribution in [3.05, 3.63) is 78.4 Å². The summed E-state index contributed by atoms with van der Waals surface area (Å²) in [4.78, 5) is 48.1. The number of para-hydroxylation sites is 1. The number of aliphatic hydroxyl groups excluding tert-OH is 1. The number of hydrogen-bond donors (Lipinski definition) is 1. The molecule has 5 rings (SSSR count). The van der Waals surface area contributed by atoms with Crippen molar-refractivity contribution in [1.29, 1.82) is 0 Å². The molecule has 3 aliphatic rings. The van der Waals surface area contributed by atoms with Gasteiger partial charge in [-0.05, 0) is 69.5 Å². The van der Waals surface area contributed by atoms with Gasteiger partial charge in [-0.25, -0.2) is 0 Å². The number of hydrogen-bond acceptors (Lipinski definition) is 6. The largest absolute Gasteiger partial charge is 0.494 e. The van der Waals surface area contributed by atoms with Gasteiger partial charge in [-0.1, -0.05) is 35.9 Å². The Kier molecular flexibility index (Phi) is 9.20. The van der Waals surface area contributed by atoms with E-state index in [4.69, 9.17) is 21.1 Å². The molecule has 2 aromatic rings. The number of nitrogens with zero attached hydrogens (tertiary/aromatic N) is 3. The molecule has 3 saturated heterocycles. The normalized spacial score (nSPS) is 25.8. The molecular formula is C34H40ClN3O6. The van der Waals surface area contributed by atoms with Crippen molar-refractivity contribution in [3.8, 4) is 5.75 Å². The number of halogens is 1. The third-order valence-corrected chi connectivity index (χ3v) is 9.37. The summed E-state index contributed by atoms with van der Waals surface area (Å²) in [6.45, 7) is 13.7. The maximum atomic E-state index is 14.7. The van der Waals surface area contributed by atoms with Crippen LogP contribution in [0.2, 0.25) is 5.02 Å². The lowest BCUT2D eigenvalue weighted by molar-refractivity contribution is -0.143. The lowest BCUT2D eigenvalue weighted by Crippen LogP contribution is -2.58. The van der Waals surface area contributed by atoms with E-state index in [0.29, 0.717) is 41.6 Å². The van der Waals surface area contributed by atoms with Crippen LogP contribution in [0.5, 0.6) is 5.75 Å². The molecule has 3 fully saturated rings. The summed E-state index contributed by atoms with van der Waals surface area (Å²) >= 11 is 6.62. The van der Waals surface area contributed by atoms with Crippen LogP contribution in [0.1, 0.15) is 32.3 Å². The molecule has 2 bridgehead atoms. The Hall–Kier alpha value is -3.66. The van der Waals surface area contributed by atoms with Gasteiger partial charge in [-0.2, -0.15) is 0 Å². The summed E-state index contributed by atoms with van der Waals surface area (Å²) in [7, 11) is 0. The number of rotatable bonds is 12. The number of aryl methyl sites for hydroxylation is 1. The second-order valence-corrected chi connectivity index (χ2v) is 12.0. The lowest BCUT2D eigenvalue weighted by atomic mass is 9.70. The topological polar surface area (TPSA) is 99.6 Å². The summed E-state index contributed by atoms with van der Waals surface area (Å²) in [5.74, 6) is -2.06. The van der Waals surface area contributed by atoms with E-state index in [0.717, 1.165) is 5.56 Å². The van der Waals surface area contributed by atoms with E-state index in [1.165, 1.54) is 9.80 Å². The molecule has 1 spiro atoms. The van der Waals surface area contributed by atoms with Crippen LogP contribution in [-0.2, 0) is 19.1 Å². The number of amides is 3. The van der Waals surface area contributed by atoms with Crippen molar-refractivity contribution in [1.82, 2.24) is 4.90 Å². The van der Waals surface area contributed by atoms with Gasteiger partial charge in [0, 0.05) is 18.8 Å². The zero-order valence-electron chi connectivity index (χ0n) is 25.4. The van der Waals surface area contributed by atoms with Gasteiger partial charge >= 0.3 is 0 Å². The molecule has 9 nitrogen and oxygen atoms in total. The van der Waals surface area contributed by atoms with Crippen LogP contribution in [-0.4, -0.2) is 77.8 Å². The zero-order valence-corrected chi connectivity index (χ0v) is 26.2. The minimum atomic E-state index is -1.24. The third kappa shape index (κ3) is 5.10. The number of anilines is 2. The second-order valence-electron chi connectivity index (χ2n) is 11.6. The highest BCUT2D eigenvalue weighted by molar-refractivity contribution is 6.34. The second kappa shape index (κ2) is 12.8. The standard InChI is InChI=1S/C34H40ClN3O6/c1-6-18-36(23-12-14-24(15-13-23)43-8-3)31(40)27-26-16-17-34(44-26)28(27)32(41)38(22(5)20-39)30(34)33(42)37(19-7-2)29-21(4)10-9-11-25(29)35/h6-7,9-15,22,26-28,30,39H,1-2,8,16-20H2,3-5H3/t22-,26-,27+,28+,30?,34?/m1/s1. The average Bonchev–Trinajstić information content (AvgIpc) is 3.66. The third-order valence-electron chi connectivity index (χ3n) is 9.07. The molecule has 10 heteroatoms. The van der Waals surface area contributed by atoms with Crippen LogP contribution in [0.25, 0.3) is 0 Å². The number of likely N-dealkylation sites (tertiary alicyclic amines) is 1. The molecule has 0 aliphatic carbocycles. The van der Waals surface area contributed by atoms with Gasteiger partial charge in [-0.15, -0.1) is 13.2 Å². The van der Waals surface area contributed by atoms with Crippen molar-refractivity contribution in [2.45, 2.75) is 57.4 Å². The molecule has 2 unspecified atom stereocenters. The van der Waals surface area contributed by atoms with E-state index in [1.807, 2.05) is 26.0 Å². The molecule has 6 atom stereocenters. The van der Waals surface area contributed by atoms with E-state index in [1.54, 1.807) is 54.3 Å². The number of carbonyl (C=O) groups is 3. The monoisotopic (exact) mass is 621 g/mol. The van der Waals surface area contributed by atoms with Gasteiger partial charge in [0.05, 0.1) is 47.9 Å². The van der Waals surface area contributed by atoms with Crippen molar-refractivity contribution >= 4 is 40.7 Å². The molecular weight excluding hydrogens is 582 g/mol. The molecule has 2 aromatic carbocycles. The van der Waals surface area contributed by atoms with Gasteiger partial charge in [0.2, 0.25) is 11.8 Å². The van der Waals surface area contributed by atoms with Crippen molar-refractivity contribution < 1.29 is 29.0 Å². The fraction of sp³-hybridized carbons (Fsp3) is 0.441. The number of fused-ring (bicyclic) bond motifs is 1. The first kappa shape index (κ1) is 31.8. The molecule has 0 radical (unpaired) electrons. The summed E-state index contributed by atoms with van der Waals surface area (Å²) in [5.41, 5.74) is 0.708. The molecule has 44 heavy (non-hydrogen) atoms. The van der Waals surface area contributed by atoms with E-state index >= 15 is 0 Å². The summed E-state index contributed by atoms with van der Waals surface area (Å²) in [6.07, 6.45) is 3.65. The fourth-order valence-electron chi connectivity index (χ4n) is 7.27. The SMILES string of the molecule is C=CCN(C(=O)[C@@H]1[C@H]2C(=O)N([C@H](C)CO)C(C(=O)N(CC=C)c3c(C)cccc3Cl)C23CC[C@H]1O3)c1ccc(OCC)cc1. The molecule has 3 heterocycles. The Morgan fingerprint density at radius 2 is 1.84 bits per heavy atom. The van der Waals surface area contributed by atoms with Crippen molar-refractivity contribution in [2.75, 3.05) is 36.1 Å². The predicted molar refractivity (Wildman–Crippen MR) is 170 cm³/mol. The first-order valence-electron chi connectivity index (χ1n) is 15.1. The molecule has 0 saturated carbocycles. The van der Waals surface area contributed by atoms with Crippen molar-refractivity contribution in [2.24, 2.45) is 11.8 Å². The Labute approximate surface area is 263 Å². The Morgan fingerprint density at radius 1 is 1.16 bits per heavy atom. The highest BCUT2D eigenvalue weighted by atomic mass is 35.5. The van der Waals surface area contributed by atoms with Crippen LogP contribution in [0.15, 0.2) is 67.8 Å². The van der Waals surface area contributed by atoms with Gasteiger partial charge in [0.15, 0.2) is 0 Å². The highest BCUT2D eigenvalue weighted by Gasteiger charge is 2.75. The van der Waals surface area contributed by atoms with Crippen LogP contribution in [0.3, 0.4) is 0 Å². The van der Waals surface area contributed by atoms with Gasteiger partial charge < -0.3 is 29.3 Å². The minimum absolute atomic E-state index is 0.146. The van der Waals surface area contributed by atoms with Crippen LogP contribution in [0, 0.1) is 18.8 Å². The Balaban J connectivity index is 1.56. The Morgan fingerprint density at radius 3 is 2.45 bits per heavy atom. The number of benzene rings is 2. The average molecular weight is 622 g/mol. The molecule has 3 aliphatic heterocycles. The lowest BCUT2D eigenvalue weighted by Gasteiger charge is -2.39. The molecule has 234 valence electrons. The zero-order chi connectivity index (χ0) is 31.8. The van der Waals surface area contributed by atoms with E-state index in [2.05, 4.69) is 13.2 Å². The molecule has 0 aromatic heterocycles. The van der Waals surface area contributed by atoms with Crippen molar-refractivity contribution in [3.63, 3.8) is 0 Å². The number of ether oxygens (including phenoxy) is 2. The fourth-order valence-corrected chi connectivity index (χ4v) is 7.59. The highest BCUT2D eigenvalue weighted by Crippen LogP contribution is 2.59. The summed E-state index contributed by atoms with van der Waals surface area (Å²) in [6, 6.07) is 10.8. The maximum absolute atomic E-state index is 14.7. The van der Waals surface area contributed by atoms with E-state index in [9.17, 15) is 19.5 Å². The molecule has 3 amide bonds. The van der Waals surface area contributed by atoms with Gasteiger partial charge in [0.1, 0.15) is 17.4 Å². The van der Waals surface area contributed by atoms with Gasteiger partial charge in [0.25, 0.3) is 5.91 Å². The molecule has 1 N–H and O–H groups in total. The smallest absolute Gasteiger partial charge is 0.253 e. The van der Waals surface area contributed by atoms with E-state index < -0.39 is 35.6 Å². The summed E-state index contributed by atoms with van der Waals surface area (Å²) in [5, 5.41) is 10.6. The first-order valence-corrected chi connectivity index (χ1v) is 15.5. The van der Waals surface area contributed by atoms with Crippen LogP contribution >= 0.6 is 11.6 Å². The number of aliphatic hydroxyl groups is 1. The maximum Gasteiger partial charge on any atom is 0.253 e. The van der Waals surface area contributed by atoms with Crippen LogP contribution < -0.4 is 14.5 Å². The first-order chi connectivity index (χ1) is 21.1. The Bertz CT molecular complexity index is 1430. The summed E-state index contributed by atoms with van der Waals surface area (Å²) < 4.78 is 12.2. The number of carbonyl (C=O) groups excluding carboxylic acids is 3. The minimum Gasteiger partial charge on any atom is -0.494 e. The van der Waals surface area contributed by atoms with Gasteiger partial charge in [-0.3, -0.25) is 14.4 Å². The van der Waals surface area contributed by atoms with Crippen LogP contribution in [0.4, 0.5) is 11.4 Å². The predicted octanol–water partition coefficient (Wildman–Crippen LogP) is 4.54. The quantitative estimate of drug-likeness (QED) is 0.350. The van der Waals surface area contributed by atoms with E-state index in [-0.39, 0.29) is 37.4 Å².